The molecule has 0 radical (unpaired) electrons. The highest BCUT2D eigenvalue weighted by Crippen LogP contribution is 2.21. The molecule has 0 spiro atoms. The van der Waals surface area contributed by atoms with E-state index in [1.807, 2.05) is 6.07 Å². The minimum Gasteiger partial charge on any atom is -0.383 e. The predicted molar refractivity (Wildman–Crippen MR) is 72.5 cm³/mol. The van der Waals surface area contributed by atoms with Gasteiger partial charge < -0.3 is 9.72 Å². The van der Waals surface area contributed by atoms with Gasteiger partial charge in [0.15, 0.2) is 4.77 Å². The Kier molecular flexibility index (Phi) is 3.76. The van der Waals surface area contributed by atoms with Gasteiger partial charge in [-0.25, -0.2) is 0 Å². The van der Waals surface area contributed by atoms with Gasteiger partial charge in [-0.15, -0.1) is 11.3 Å². The molecule has 2 heterocycles. The van der Waals surface area contributed by atoms with Gasteiger partial charge in [-0.1, -0.05) is 6.92 Å². The summed E-state index contributed by atoms with van der Waals surface area (Å²) in [7, 11) is 1.61. The molecule has 0 aliphatic carbocycles. The first-order chi connectivity index (χ1) is 8.17. The van der Waals surface area contributed by atoms with Crippen LogP contribution in [0.4, 0.5) is 0 Å². The Morgan fingerprint density at radius 1 is 1.59 bits per heavy atom. The molecule has 0 aliphatic heterocycles. The van der Waals surface area contributed by atoms with Gasteiger partial charge in [0, 0.05) is 12.0 Å². The van der Waals surface area contributed by atoms with Gasteiger partial charge in [-0.2, -0.15) is 0 Å². The van der Waals surface area contributed by atoms with E-state index >= 15 is 0 Å². The molecule has 6 heteroatoms. The Labute approximate surface area is 108 Å². The van der Waals surface area contributed by atoms with Gasteiger partial charge >= 0.3 is 0 Å². The van der Waals surface area contributed by atoms with Gasteiger partial charge in [-0.3, -0.25) is 9.36 Å². The van der Waals surface area contributed by atoms with Crippen molar-refractivity contribution < 1.29 is 4.74 Å². The van der Waals surface area contributed by atoms with E-state index in [0.717, 1.165) is 16.6 Å². The third-order valence-corrected chi connectivity index (χ3v) is 4.11. The Bertz CT molecular complexity index is 639. The average Bonchev–Trinajstić information content (AvgIpc) is 2.72. The van der Waals surface area contributed by atoms with E-state index in [2.05, 4.69) is 11.9 Å². The van der Waals surface area contributed by atoms with Crippen LogP contribution in [-0.2, 0) is 17.7 Å². The summed E-state index contributed by atoms with van der Waals surface area (Å²) >= 11 is 6.78. The van der Waals surface area contributed by atoms with Crippen molar-refractivity contribution in [3.8, 4) is 0 Å². The molecule has 2 aromatic rings. The maximum absolute atomic E-state index is 12.2. The number of hydrogen-bond donors (Lipinski definition) is 1. The van der Waals surface area contributed by atoms with Crippen molar-refractivity contribution in [2.24, 2.45) is 0 Å². The molecule has 2 rings (SSSR count). The molecule has 0 aromatic carbocycles. The van der Waals surface area contributed by atoms with Crippen molar-refractivity contribution in [1.82, 2.24) is 9.55 Å². The number of aromatic nitrogens is 2. The first-order valence-corrected chi connectivity index (χ1v) is 6.64. The van der Waals surface area contributed by atoms with E-state index in [1.54, 1.807) is 23.0 Å². The second-order valence-electron chi connectivity index (χ2n) is 3.69. The molecule has 17 heavy (non-hydrogen) atoms. The summed E-state index contributed by atoms with van der Waals surface area (Å²) in [5.74, 6) is 0. The molecule has 2 aromatic heterocycles. The molecule has 4 nitrogen and oxygen atoms in total. The van der Waals surface area contributed by atoms with Gasteiger partial charge in [0.05, 0.1) is 18.5 Å². The van der Waals surface area contributed by atoms with Crippen molar-refractivity contribution in [3.05, 3.63) is 26.1 Å². The van der Waals surface area contributed by atoms with E-state index in [4.69, 9.17) is 17.0 Å². The quantitative estimate of drug-likeness (QED) is 0.867. The van der Waals surface area contributed by atoms with Crippen molar-refractivity contribution in [2.75, 3.05) is 13.7 Å². The molecule has 92 valence electrons. The molecule has 0 bridgehead atoms. The Morgan fingerprint density at radius 3 is 3.00 bits per heavy atom. The van der Waals surface area contributed by atoms with Gasteiger partial charge in [0.2, 0.25) is 0 Å². The van der Waals surface area contributed by atoms with Crippen molar-refractivity contribution in [2.45, 2.75) is 19.9 Å². The van der Waals surface area contributed by atoms with E-state index < -0.39 is 0 Å². The fourth-order valence-corrected chi connectivity index (χ4v) is 2.98. The molecule has 0 atom stereocenters. The van der Waals surface area contributed by atoms with Crippen LogP contribution < -0.4 is 5.56 Å². The van der Waals surface area contributed by atoms with Gasteiger partial charge in [-0.05, 0) is 24.7 Å². The molecule has 1 N–H and O–H groups in total. The topological polar surface area (TPSA) is 47.0 Å². The molecule has 0 saturated heterocycles. The SMILES string of the molecule is CCc1cc2c(=O)n(CCOC)c(=S)[nH]c2s1. The molecular formula is C11H14N2O2S2. The van der Waals surface area contributed by atoms with E-state index in [1.165, 1.54) is 4.88 Å². The summed E-state index contributed by atoms with van der Waals surface area (Å²) in [5.41, 5.74) is -0.0308. The Hall–Kier alpha value is -0.980. The fraction of sp³-hybridized carbons (Fsp3) is 0.455. The number of aromatic amines is 1. The average molecular weight is 270 g/mol. The number of aryl methyl sites for hydroxylation is 1. The van der Waals surface area contributed by atoms with Crippen molar-refractivity contribution in [3.63, 3.8) is 0 Å². The number of ether oxygens (including phenoxy) is 1. The number of nitrogens with one attached hydrogen (secondary N) is 1. The number of fused-ring (bicyclic) bond motifs is 1. The van der Waals surface area contributed by atoms with Crippen molar-refractivity contribution >= 4 is 33.8 Å². The van der Waals surface area contributed by atoms with Crippen LogP contribution in [0.5, 0.6) is 0 Å². The lowest BCUT2D eigenvalue weighted by molar-refractivity contribution is 0.185. The van der Waals surface area contributed by atoms with Crippen LogP contribution >= 0.6 is 23.6 Å². The predicted octanol–water partition coefficient (Wildman–Crippen LogP) is 2.33. The number of thiophene rings is 1. The summed E-state index contributed by atoms with van der Waals surface area (Å²) in [6.07, 6.45) is 0.928. The Morgan fingerprint density at radius 2 is 2.35 bits per heavy atom. The summed E-state index contributed by atoms with van der Waals surface area (Å²) in [6, 6.07) is 1.94. The van der Waals surface area contributed by atoms with Crippen LogP contribution in [0, 0.1) is 4.77 Å². The highest BCUT2D eigenvalue weighted by atomic mass is 32.1. The fourth-order valence-electron chi connectivity index (χ4n) is 1.66. The number of nitrogens with zero attached hydrogens (tertiary/aromatic N) is 1. The zero-order chi connectivity index (χ0) is 12.4. The first kappa shape index (κ1) is 12.5. The first-order valence-electron chi connectivity index (χ1n) is 5.41. The normalized spacial score (nSPS) is 11.2. The lowest BCUT2D eigenvalue weighted by atomic mass is 10.3. The summed E-state index contributed by atoms with van der Waals surface area (Å²) in [4.78, 5) is 17.4. The zero-order valence-electron chi connectivity index (χ0n) is 9.78. The maximum atomic E-state index is 12.2. The third kappa shape index (κ3) is 2.34. The van der Waals surface area contributed by atoms with Crippen LogP contribution in [-0.4, -0.2) is 23.3 Å². The number of methoxy groups -OCH3 is 1. The summed E-state index contributed by atoms with van der Waals surface area (Å²) < 4.78 is 6.99. The zero-order valence-corrected chi connectivity index (χ0v) is 11.4. The highest BCUT2D eigenvalue weighted by Gasteiger charge is 2.08. The monoisotopic (exact) mass is 270 g/mol. The molecule has 0 saturated carbocycles. The molecule has 0 fully saturated rings. The van der Waals surface area contributed by atoms with Gasteiger partial charge in [0.25, 0.3) is 5.56 Å². The largest absolute Gasteiger partial charge is 0.383 e. The van der Waals surface area contributed by atoms with Crippen LogP contribution in [0.15, 0.2) is 10.9 Å². The van der Waals surface area contributed by atoms with E-state index in [9.17, 15) is 4.79 Å². The van der Waals surface area contributed by atoms with Crippen LogP contribution in [0.1, 0.15) is 11.8 Å². The number of H-pyrrole nitrogens is 1. The van der Waals surface area contributed by atoms with Crippen LogP contribution in [0.3, 0.4) is 0 Å². The Balaban J connectivity index is 2.62. The molecule has 0 unspecified atom stereocenters. The smallest absolute Gasteiger partial charge is 0.263 e. The highest BCUT2D eigenvalue weighted by molar-refractivity contribution is 7.71. The lowest BCUT2D eigenvalue weighted by Gasteiger charge is -2.04. The lowest BCUT2D eigenvalue weighted by Crippen LogP contribution is -2.23. The maximum Gasteiger partial charge on any atom is 0.263 e. The van der Waals surface area contributed by atoms with Gasteiger partial charge in [0.1, 0.15) is 4.83 Å². The minimum atomic E-state index is -0.0308. The standard InChI is InChI=1S/C11H14N2O2S2/c1-3-7-6-8-9(17-7)12-11(16)13(10(8)14)4-5-15-2/h6H,3-5H2,1-2H3,(H,12,16). The van der Waals surface area contributed by atoms with Crippen molar-refractivity contribution in [1.29, 1.82) is 0 Å². The number of rotatable bonds is 4. The molecular weight excluding hydrogens is 256 g/mol. The molecule has 0 aliphatic rings. The van der Waals surface area contributed by atoms with Crippen LogP contribution in [0.25, 0.3) is 10.2 Å². The van der Waals surface area contributed by atoms with E-state index in [-0.39, 0.29) is 5.56 Å². The van der Waals surface area contributed by atoms with Crippen LogP contribution in [0.2, 0.25) is 0 Å². The second kappa shape index (κ2) is 5.12. The summed E-state index contributed by atoms with van der Waals surface area (Å²) in [6.45, 7) is 3.04. The minimum absolute atomic E-state index is 0.0308. The third-order valence-electron chi connectivity index (χ3n) is 2.59. The molecule has 0 amide bonds. The number of hydrogen-bond acceptors (Lipinski definition) is 4. The second-order valence-corrected chi connectivity index (χ2v) is 5.21. The summed E-state index contributed by atoms with van der Waals surface area (Å²) in [5, 5.41) is 0.719. The van der Waals surface area contributed by atoms with E-state index in [0.29, 0.717) is 17.9 Å².